The first kappa shape index (κ1) is 12.5. The summed E-state index contributed by atoms with van der Waals surface area (Å²) in [4.78, 5) is 18.1. The summed E-state index contributed by atoms with van der Waals surface area (Å²) in [5, 5.41) is 0. The standard InChI is InChI=1S/C12H15BrN2O2/c1-12(2)8-15(5-6-17-12)11(16)9-3-4-10(13)14-7-9/h3-4,7H,5-6,8H2,1-2H3. The van der Waals surface area contributed by atoms with Gasteiger partial charge in [0.2, 0.25) is 0 Å². The molecule has 0 unspecified atom stereocenters. The van der Waals surface area contributed by atoms with Gasteiger partial charge in [0.1, 0.15) is 4.60 Å². The number of carbonyl (C=O) groups is 1. The van der Waals surface area contributed by atoms with Crippen LogP contribution in [0.4, 0.5) is 0 Å². The van der Waals surface area contributed by atoms with Gasteiger partial charge in [-0.1, -0.05) is 0 Å². The first-order valence-electron chi connectivity index (χ1n) is 5.53. The Kier molecular flexibility index (Phi) is 3.49. The van der Waals surface area contributed by atoms with Crippen LogP contribution in [0.3, 0.4) is 0 Å². The molecule has 1 saturated heterocycles. The molecule has 0 atom stereocenters. The number of halogens is 1. The van der Waals surface area contributed by atoms with Crippen LogP contribution < -0.4 is 0 Å². The van der Waals surface area contributed by atoms with Gasteiger partial charge < -0.3 is 9.64 Å². The lowest BCUT2D eigenvalue weighted by molar-refractivity contribution is -0.0764. The molecule has 0 aromatic carbocycles. The van der Waals surface area contributed by atoms with Crippen LogP contribution in [0.25, 0.3) is 0 Å². The smallest absolute Gasteiger partial charge is 0.255 e. The van der Waals surface area contributed by atoms with E-state index in [9.17, 15) is 4.79 Å². The molecule has 1 aliphatic rings. The third-order valence-electron chi connectivity index (χ3n) is 2.69. The molecule has 0 radical (unpaired) electrons. The molecular weight excluding hydrogens is 284 g/mol. The first-order chi connectivity index (χ1) is 7.98. The van der Waals surface area contributed by atoms with Crippen LogP contribution in [0.1, 0.15) is 24.2 Å². The minimum Gasteiger partial charge on any atom is -0.372 e. The van der Waals surface area contributed by atoms with E-state index in [1.54, 1.807) is 18.3 Å². The molecule has 0 bridgehead atoms. The molecule has 0 saturated carbocycles. The molecule has 0 aliphatic carbocycles. The molecule has 2 rings (SSSR count). The van der Waals surface area contributed by atoms with Gasteiger partial charge in [0.05, 0.1) is 17.8 Å². The van der Waals surface area contributed by atoms with Crippen molar-refractivity contribution in [2.75, 3.05) is 19.7 Å². The zero-order chi connectivity index (χ0) is 12.5. The molecule has 4 nitrogen and oxygen atoms in total. The summed E-state index contributed by atoms with van der Waals surface area (Å²) in [7, 11) is 0. The Morgan fingerprint density at radius 2 is 2.29 bits per heavy atom. The summed E-state index contributed by atoms with van der Waals surface area (Å²) in [5.74, 6) is 0.0152. The van der Waals surface area contributed by atoms with Crippen molar-refractivity contribution >= 4 is 21.8 Å². The highest BCUT2D eigenvalue weighted by Gasteiger charge is 2.30. The molecule has 2 heterocycles. The second kappa shape index (κ2) is 4.74. The van der Waals surface area contributed by atoms with Crippen molar-refractivity contribution in [1.29, 1.82) is 0 Å². The van der Waals surface area contributed by atoms with E-state index in [1.807, 2.05) is 18.7 Å². The van der Waals surface area contributed by atoms with E-state index in [2.05, 4.69) is 20.9 Å². The van der Waals surface area contributed by atoms with E-state index in [4.69, 9.17) is 4.74 Å². The average Bonchev–Trinajstić information content (AvgIpc) is 2.28. The number of pyridine rings is 1. The number of rotatable bonds is 1. The predicted octanol–water partition coefficient (Wildman–Crippen LogP) is 2.10. The number of carbonyl (C=O) groups excluding carboxylic acids is 1. The van der Waals surface area contributed by atoms with Gasteiger partial charge in [-0.25, -0.2) is 4.98 Å². The number of hydrogen-bond donors (Lipinski definition) is 0. The SMILES string of the molecule is CC1(C)CN(C(=O)c2ccc(Br)nc2)CCO1. The van der Waals surface area contributed by atoms with E-state index in [1.165, 1.54) is 0 Å². The molecule has 5 heteroatoms. The fourth-order valence-electron chi connectivity index (χ4n) is 1.87. The second-order valence-electron chi connectivity index (χ2n) is 4.70. The largest absolute Gasteiger partial charge is 0.372 e. The van der Waals surface area contributed by atoms with E-state index in [-0.39, 0.29) is 11.5 Å². The zero-order valence-corrected chi connectivity index (χ0v) is 11.5. The van der Waals surface area contributed by atoms with Gasteiger partial charge in [-0.3, -0.25) is 4.79 Å². The molecule has 1 aliphatic heterocycles. The summed E-state index contributed by atoms with van der Waals surface area (Å²) in [5.41, 5.74) is 0.349. The zero-order valence-electron chi connectivity index (χ0n) is 9.94. The topological polar surface area (TPSA) is 42.4 Å². The van der Waals surface area contributed by atoms with Crippen LogP contribution in [-0.4, -0.2) is 41.1 Å². The molecule has 1 amide bonds. The highest BCUT2D eigenvalue weighted by Crippen LogP contribution is 2.18. The van der Waals surface area contributed by atoms with E-state index >= 15 is 0 Å². The first-order valence-corrected chi connectivity index (χ1v) is 6.32. The van der Waals surface area contributed by atoms with E-state index in [0.29, 0.717) is 25.3 Å². The van der Waals surface area contributed by atoms with Gasteiger partial charge in [0, 0.05) is 19.3 Å². The molecule has 1 aromatic rings. The average molecular weight is 299 g/mol. The van der Waals surface area contributed by atoms with Crippen molar-refractivity contribution in [3.05, 3.63) is 28.5 Å². The summed E-state index contributed by atoms with van der Waals surface area (Å²) in [6.07, 6.45) is 1.59. The van der Waals surface area contributed by atoms with Crippen molar-refractivity contribution in [2.45, 2.75) is 19.4 Å². The van der Waals surface area contributed by atoms with Crippen LogP contribution in [0.5, 0.6) is 0 Å². The number of ether oxygens (including phenoxy) is 1. The fraction of sp³-hybridized carbons (Fsp3) is 0.500. The monoisotopic (exact) mass is 298 g/mol. The van der Waals surface area contributed by atoms with Gasteiger partial charge in [0.15, 0.2) is 0 Å². The summed E-state index contributed by atoms with van der Waals surface area (Å²) >= 11 is 3.25. The molecule has 1 aromatic heterocycles. The van der Waals surface area contributed by atoms with E-state index < -0.39 is 0 Å². The highest BCUT2D eigenvalue weighted by atomic mass is 79.9. The lowest BCUT2D eigenvalue weighted by atomic mass is 10.1. The third-order valence-corrected chi connectivity index (χ3v) is 3.16. The normalized spacial score (nSPS) is 19.1. The Morgan fingerprint density at radius 3 is 2.88 bits per heavy atom. The highest BCUT2D eigenvalue weighted by molar-refractivity contribution is 9.10. The molecule has 0 N–H and O–H groups in total. The Hall–Kier alpha value is -0.940. The van der Waals surface area contributed by atoms with Crippen molar-refractivity contribution in [2.24, 2.45) is 0 Å². The number of nitrogens with zero attached hydrogens (tertiary/aromatic N) is 2. The molecular formula is C12H15BrN2O2. The second-order valence-corrected chi connectivity index (χ2v) is 5.52. The summed E-state index contributed by atoms with van der Waals surface area (Å²) < 4.78 is 6.32. The van der Waals surface area contributed by atoms with Crippen LogP contribution in [0.2, 0.25) is 0 Å². The van der Waals surface area contributed by atoms with Crippen LogP contribution in [0.15, 0.2) is 22.9 Å². The van der Waals surface area contributed by atoms with Crippen molar-refractivity contribution in [3.63, 3.8) is 0 Å². The Bertz CT molecular complexity index is 417. The maximum atomic E-state index is 12.2. The minimum atomic E-state index is -0.267. The van der Waals surface area contributed by atoms with E-state index in [0.717, 1.165) is 4.60 Å². The number of aromatic nitrogens is 1. The summed E-state index contributed by atoms with van der Waals surface area (Å²) in [6.45, 7) is 5.82. The minimum absolute atomic E-state index is 0.0152. The van der Waals surface area contributed by atoms with Gasteiger partial charge >= 0.3 is 0 Å². The maximum Gasteiger partial charge on any atom is 0.255 e. The Labute approximate surface area is 109 Å². The maximum absolute atomic E-state index is 12.2. The Morgan fingerprint density at radius 1 is 1.53 bits per heavy atom. The van der Waals surface area contributed by atoms with Crippen molar-refractivity contribution < 1.29 is 9.53 Å². The number of morpholine rings is 1. The summed E-state index contributed by atoms with van der Waals surface area (Å²) in [6, 6.07) is 3.56. The lowest BCUT2D eigenvalue weighted by Gasteiger charge is -2.38. The van der Waals surface area contributed by atoms with Gasteiger partial charge in [-0.2, -0.15) is 0 Å². The van der Waals surface area contributed by atoms with Gasteiger partial charge in [-0.05, 0) is 41.9 Å². The number of hydrogen-bond acceptors (Lipinski definition) is 3. The van der Waals surface area contributed by atoms with Crippen LogP contribution in [0, 0.1) is 0 Å². The molecule has 17 heavy (non-hydrogen) atoms. The quantitative estimate of drug-likeness (QED) is 0.746. The molecule has 1 fully saturated rings. The van der Waals surface area contributed by atoms with Crippen LogP contribution >= 0.6 is 15.9 Å². The lowest BCUT2D eigenvalue weighted by Crippen LogP contribution is -2.50. The number of amides is 1. The van der Waals surface area contributed by atoms with Gasteiger partial charge in [0.25, 0.3) is 5.91 Å². The third kappa shape index (κ3) is 3.04. The Balaban J connectivity index is 2.12. The molecule has 0 spiro atoms. The fourth-order valence-corrected chi connectivity index (χ4v) is 2.11. The molecule has 92 valence electrons. The van der Waals surface area contributed by atoms with Crippen molar-refractivity contribution in [3.8, 4) is 0 Å². The van der Waals surface area contributed by atoms with Crippen molar-refractivity contribution in [1.82, 2.24) is 9.88 Å². The van der Waals surface area contributed by atoms with Gasteiger partial charge in [-0.15, -0.1) is 0 Å². The van der Waals surface area contributed by atoms with Crippen LogP contribution in [-0.2, 0) is 4.74 Å². The predicted molar refractivity (Wildman–Crippen MR) is 67.9 cm³/mol.